The molecule has 2 aliphatic heterocycles. The second kappa shape index (κ2) is 33.6. The normalized spacial score (nSPS) is 27.2. The molecule has 2 aliphatic rings. The van der Waals surface area contributed by atoms with Gasteiger partial charge in [-0.3, -0.25) is 9.59 Å². The molecule has 2 rings (SSSR count). The summed E-state index contributed by atoms with van der Waals surface area (Å²) < 4.78 is 33.4. The zero-order valence-corrected chi connectivity index (χ0v) is 36.5. The smallest absolute Gasteiger partial charge is 0.306 e. The van der Waals surface area contributed by atoms with E-state index in [1.54, 1.807) is 0 Å². The van der Waals surface area contributed by atoms with Crippen molar-refractivity contribution in [3.8, 4) is 0 Å². The molecule has 2 heterocycles. The summed E-state index contributed by atoms with van der Waals surface area (Å²) >= 11 is 0. The van der Waals surface area contributed by atoms with Gasteiger partial charge in [-0.05, 0) is 50.7 Å². The summed E-state index contributed by atoms with van der Waals surface area (Å²) in [5.74, 6) is -0.947. The molecule has 2 fully saturated rings. The Morgan fingerprint density at radius 1 is 0.550 bits per heavy atom. The van der Waals surface area contributed by atoms with Crippen molar-refractivity contribution in [2.45, 2.75) is 229 Å². The molecule has 0 aromatic carbocycles. The average Bonchev–Trinajstić information content (AvgIpc) is 3.24. The highest BCUT2D eigenvalue weighted by Gasteiger charge is 2.47. The van der Waals surface area contributed by atoms with Crippen LogP contribution in [0.25, 0.3) is 0 Å². The van der Waals surface area contributed by atoms with Gasteiger partial charge in [-0.2, -0.15) is 0 Å². The summed E-state index contributed by atoms with van der Waals surface area (Å²) in [6.45, 7) is 2.51. The first kappa shape index (κ1) is 54.2. The van der Waals surface area contributed by atoms with Crippen molar-refractivity contribution in [2.75, 3.05) is 26.4 Å². The maximum atomic E-state index is 12.9. The molecule has 4 unspecified atom stereocenters. The molecule has 0 aliphatic carbocycles. The monoisotopic (exact) mass is 861 g/mol. The van der Waals surface area contributed by atoms with Crippen LogP contribution in [-0.4, -0.2) is 142 Å². The lowest BCUT2D eigenvalue weighted by Gasteiger charge is -2.42. The first-order valence-electron chi connectivity index (χ1n) is 23.0. The van der Waals surface area contributed by atoms with E-state index in [0.29, 0.717) is 12.8 Å². The predicted octanol–water partition coefficient (Wildman–Crippen LogP) is 4.81. The van der Waals surface area contributed by atoms with Crippen LogP contribution in [-0.2, 0) is 38.0 Å². The highest BCUT2D eigenvalue weighted by atomic mass is 16.7. The van der Waals surface area contributed by atoms with E-state index in [2.05, 4.69) is 31.7 Å². The molecule has 0 aromatic rings. The summed E-state index contributed by atoms with van der Waals surface area (Å²) in [7, 11) is 0. The van der Waals surface area contributed by atoms with Crippen molar-refractivity contribution in [1.29, 1.82) is 0 Å². The van der Waals surface area contributed by atoms with Crippen LogP contribution < -0.4 is 0 Å². The lowest BCUT2D eigenvalue weighted by atomic mass is 9.98. The molecule has 0 radical (unpaired) electrons. The minimum Gasteiger partial charge on any atom is -0.462 e. The maximum Gasteiger partial charge on any atom is 0.306 e. The molecular weight excluding hydrogens is 780 g/mol. The molecule has 15 heteroatoms. The number of carbonyl (C=O) groups excluding carboxylic acids is 2. The number of unbranched alkanes of at least 4 members (excludes halogenated alkanes) is 18. The van der Waals surface area contributed by atoms with Crippen LogP contribution in [0.4, 0.5) is 0 Å². The first-order valence-corrected chi connectivity index (χ1v) is 23.0. The molecule has 0 amide bonds. The van der Waals surface area contributed by atoms with E-state index in [1.165, 1.54) is 64.2 Å². The molecule has 0 aromatic heterocycles. The van der Waals surface area contributed by atoms with Crippen LogP contribution in [0.15, 0.2) is 17.9 Å². The fourth-order valence-electron chi connectivity index (χ4n) is 7.13. The van der Waals surface area contributed by atoms with Crippen LogP contribution in [0.3, 0.4) is 0 Å². The van der Waals surface area contributed by atoms with Crippen molar-refractivity contribution in [3.05, 3.63) is 17.9 Å². The fourth-order valence-corrected chi connectivity index (χ4v) is 7.13. The first-order chi connectivity index (χ1) is 29.0. The minimum absolute atomic E-state index is 0.163. The van der Waals surface area contributed by atoms with Gasteiger partial charge in [0.1, 0.15) is 55.4 Å². The largest absolute Gasteiger partial charge is 0.462 e. The highest BCUT2D eigenvalue weighted by Crippen LogP contribution is 2.26. The lowest BCUT2D eigenvalue weighted by Crippen LogP contribution is -2.61. The van der Waals surface area contributed by atoms with Crippen molar-refractivity contribution in [2.24, 2.45) is 0 Å². The SMILES string of the molecule is CCCCCCCC=C=CCCCCCCCC(=O)OC[C@H](CO[C@@H]1O[C@H](CO[C@@H]2O[C@H](CO)[C@H](O)C(O)C2O)[C@H](O)C(O)C1O)OC(=O)CCCCCCCCCCC. The molecule has 350 valence electrons. The summed E-state index contributed by atoms with van der Waals surface area (Å²) in [4.78, 5) is 25.5. The predicted molar refractivity (Wildman–Crippen MR) is 223 cm³/mol. The van der Waals surface area contributed by atoms with Crippen LogP contribution in [0.1, 0.15) is 162 Å². The number of ether oxygens (including phenoxy) is 6. The van der Waals surface area contributed by atoms with Gasteiger partial charge in [0.2, 0.25) is 0 Å². The Morgan fingerprint density at radius 3 is 1.53 bits per heavy atom. The highest BCUT2D eigenvalue weighted by molar-refractivity contribution is 5.70. The number of hydrogen-bond acceptors (Lipinski definition) is 15. The van der Waals surface area contributed by atoms with Gasteiger partial charge in [-0.25, -0.2) is 0 Å². The van der Waals surface area contributed by atoms with E-state index in [4.69, 9.17) is 28.4 Å². The average molecular weight is 861 g/mol. The summed E-state index contributed by atoms with van der Waals surface area (Å²) in [6, 6.07) is 0. The van der Waals surface area contributed by atoms with Crippen LogP contribution in [0.5, 0.6) is 0 Å². The number of esters is 2. The Labute approximate surface area is 358 Å². The van der Waals surface area contributed by atoms with E-state index in [9.17, 15) is 45.3 Å². The molecular formula is C45H80O15. The van der Waals surface area contributed by atoms with Gasteiger partial charge < -0.3 is 64.2 Å². The molecule has 0 spiro atoms. The van der Waals surface area contributed by atoms with Gasteiger partial charge in [-0.15, -0.1) is 5.73 Å². The Kier molecular flexibility index (Phi) is 30.3. The second-order valence-electron chi connectivity index (χ2n) is 16.3. The Bertz CT molecular complexity index is 1160. The van der Waals surface area contributed by atoms with E-state index >= 15 is 0 Å². The zero-order chi connectivity index (χ0) is 44.0. The number of carbonyl (C=O) groups is 2. The molecule has 0 bridgehead atoms. The third kappa shape index (κ3) is 22.4. The van der Waals surface area contributed by atoms with Gasteiger partial charge >= 0.3 is 11.9 Å². The quantitative estimate of drug-likeness (QED) is 0.0262. The van der Waals surface area contributed by atoms with E-state index < -0.39 is 92.7 Å². The molecule has 0 saturated carbocycles. The molecule has 7 N–H and O–H groups in total. The van der Waals surface area contributed by atoms with Crippen molar-refractivity contribution >= 4 is 11.9 Å². The van der Waals surface area contributed by atoms with Crippen molar-refractivity contribution in [3.63, 3.8) is 0 Å². The van der Waals surface area contributed by atoms with Gasteiger partial charge in [0.05, 0.1) is 19.8 Å². The Hall–Kier alpha value is -1.98. The van der Waals surface area contributed by atoms with E-state index in [-0.39, 0.29) is 26.1 Å². The van der Waals surface area contributed by atoms with Gasteiger partial charge in [0, 0.05) is 12.8 Å². The summed E-state index contributed by atoms with van der Waals surface area (Å²) in [5, 5.41) is 71.8. The number of aliphatic hydroxyl groups excluding tert-OH is 7. The lowest BCUT2D eigenvalue weighted by molar-refractivity contribution is -0.332. The van der Waals surface area contributed by atoms with Crippen molar-refractivity contribution in [1.82, 2.24) is 0 Å². The van der Waals surface area contributed by atoms with Gasteiger partial charge in [-0.1, -0.05) is 110 Å². The van der Waals surface area contributed by atoms with Gasteiger partial charge in [0.15, 0.2) is 18.7 Å². The number of allylic oxidation sites excluding steroid dienone is 1. The molecule has 60 heavy (non-hydrogen) atoms. The number of aliphatic hydroxyl groups is 7. The van der Waals surface area contributed by atoms with Gasteiger partial charge in [0.25, 0.3) is 0 Å². The third-order valence-corrected chi connectivity index (χ3v) is 11.0. The zero-order valence-electron chi connectivity index (χ0n) is 36.5. The Morgan fingerprint density at radius 2 is 1.00 bits per heavy atom. The molecule has 11 atom stereocenters. The maximum absolute atomic E-state index is 12.9. The van der Waals surface area contributed by atoms with Crippen LogP contribution in [0.2, 0.25) is 0 Å². The standard InChI is InChI=1S/C45H80O15/c1-3-5-7-9-11-13-14-15-16-17-18-20-21-23-25-27-36(47)55-30-33(58-37(48)28-26-24-22-19-12-10-8-6-4-2)31-56-44-43(54)41(52)39(50)35(60-44)32-57-45-42(53)40(51)38(49)34(29-46)59-45/h14,16,33-35,38-46,49-54H,3-13,17-32H2,1-2H3/t15?,33-,34-,35-,38+,39+,40?,41?,42?,43?,44-,45-/m1/s1. The Balaban J connectivity index is 1.85. The summed E-state index contributed by atoms with van der Waals surface area (Å²) in [6.07, 6.45) is 10.5. The molecule has 15 nitrogen and oxygen atoms in total. The van der Waals surface area contributed by atoms with E-state index in [0.717, 1.165) is 57.8 Å². The molecule has 2 saturated heterocycles. The van der Waals surface area contributed by atoms with Crippen molar-refractivity contribution < 1.29 is 73.8 Å². The van der Waals surface area contributed by atoms with E-state index in [1.807, 2.05) is 0 Å². The summed E-state index contributed by atoms with van der Waals surface area (Å²) in [5.41, 5.74) is 3.28. The number of hydrogen-bond donors (Lipinski definition) is 7. The number of rotatable bonds is 34. The third-order valence-electron chi connectivity index (χ3n) is 11.0. The minimum atomic E-state index is -1.76. The van der Waals surface area contributed by atoms with Crippen LogP contribution in [0, 0.1) is 0 Å². The fraction of sp³-hybridized carbons (Fsp3) is 0.889. The second-order valence-corrected chi connectivity index (χ2v) is 16.3. The topological polar surface area (TPSA) is 231 Å². The van der Waals surface area contributed by atoms with Crippen LogP contribution >= 0.6 is 0 Å².